The van der Waals surface area contributed by atoms with Gasteiger partial charge in [-0.05, 0) is 47.6 Å². The summed E-state index contributed by atoms with van der Waals surface area (Å²) in [6.45, 7) is 8.50. The predicted octanol–water partition coefficient (Wildman–Crippen LogP) is 4.29. The first-order valence-electron chi connectivity index (χ1n) is 8.99. The molecule has 12 heteroatoms. The molecule has 160 valence electrons. The Morgan fingerprint density at radius 3 is 2.31 bits per heavy atom. The fraction of sp³-hybridized carbons (Fsp3) is 0.647. The van der Waals surface area contributed by atoms with Crippen LogP contribution >= 0.6 is 11.3 Å². The molecule has 0 aromatic carbocycles. The molecule has 3 rings (SSSR count). The Hall–Kier alpha value is -2.08. The van der Waals surface area contributed by atoms with Crippen molar-refractivity contribution in [3.8, 4) is 0 Å². The molecule has 29 heavy (non-hydrogen) atoms. The number of likely N-dealkylation sites (tertiary alicyclic amines) is 1. The van der Waals surface area contributed by atoms with Crippen LogP contribution in [-0.2, 0) is 6.18 Å². The second-order valence-electron chi connectivity index (χ2n) is 8.36. The van der Waals surface area contributed by atoms with Crippen molar-refractivity contribution in [3.05, 3.63) is 17.0 Å². The number of rotatable bonds is 4. The molecule has 2 aromatic rings. The SMILES string of the molecule is CN1C(C)(C)CC(Nc2nc(Nc3nnc(C(F)(F)F)s3)ncc2F)CC1(C)C. The van der Waals surface area contributed by atoms with Gasteiger partial charge in [0.25, 0.3) is 0 Å². The second kappa shape index (κ2) is 7.31. The van der Waals surface area contributed by atoms with Gasteiger partial charge in [-0.25, -0.2) is 9.37 Å². The Kier molecular flexibility index (Phi) is 5.45. The summed E-state index contributed by atoms with van der Waals surface area (Å²) < 4.78 is 52.3. The minimum atomic E-state index is -4.58. The van der Waals surface area contributed by atoms with Crippen LogP contribution in [0.2, 0.25) is 0 Å². The van der Waals surface area contributed by atoms with E-state index in [9.17, 15) is 17.6 Å². The number of alkyl halides is 3. The first-order chi connectivity index (χ1) is 13.3. The quantitative estimate of drug-likeness (QED) is 0.697. The van der Waals surface area contributed by atoms with E-state index in [4.69, 9.17) is 0 Å². The number of nitrogens with zero attached hydrogens (tertiary/aromatic N) is 5. The molecule has 0 saturated carbocycles. The molecule has 2 N–H and O–H groups in total. The molecule has 2 aromatic heterocycles. The van der Waals surface area contributed by atoms with E-state index in [0.29, 0.717) is 11.3 Å². The van der Waals surface area contributed by atoms with Crippen LogP contribution in [0.1, 0.15) is 45.5 Å². The number of piperidine rings is 1. The molecule has 1 aliphatic heterocycles. The molecule has 0 bridgehead atoms. The van der Waals surface area contributed by atoms with Gasteiger partial charge in [-0.1, -0.05) is 11.3 Å². The normalized spacial score (nSPS) is 19.9. The number of hydrogen-bond acceptors (Lipinski definition) is 8. The molecular formula is C17H23F4N7S. The standard InChI is InChI=1S/C17H23F4N7S/c1-15(2)6-9(7-16(3,4)28(15)5)23-11-10(18)8-22-13(24-11)25-14-27-26-12(29-14)17(19,20)21/h8-9H,6-7H2,1-5H3,(H2,22,23,24,25,27). The number of halogens is 4. The van der Waals surface area contributed by atoms with Gasteiger partial charge >= 0.3 is 6.18 Å². The Bertz CT molecular complexity index is 863. The second-order valence-corrected chi connectivity index (χ2v) is 9.34. The Labute approximate surface area is 170 Å². The van der Waals surface area contributed by atoms with Crippen LogP contribution in [0.15, 0.2) is 6.20 Å². The number of aromatic nitrogens is 4. The summed E-state index contributed by atoms with van der Waals surface area (Å²) in [5, 5.41) is 11.0. The van der Waals surface area contributed by atoms with Crippen molar-refractivity contribution >= 4 is 28.2 Å². The third-order valence-corrected chi connectivity index (χ3v) is 6.16. The van der Waals surface area contributed by atoms with Crippen LogP contribution < -0.4 is 10.6 Å². The molecule has 0 spiro atoms. The molecule has 3 heterocycles. The van der Waals surface area contributed by atoms with Crippen molar-refractivity contribution in [2.75, 3.05) is 17.7 Å². The summed E-state index contributed by atoms with van der Waals surface area (Å²) in [5.41, 5.74) is -0.213. The van der Waals surface area contributed by atoms with Crippen LogP contribution in [0.5, 0.6) is 0 Å². The lowest BCUT2D eigenvalue weighted by Gasteiger charge is -2.53. The van der Waals surface area contributed by atoms with Crippen LogP contribution in [0, 0.1) is 5.82 Å². The van der Waals surface area contributed by atoms with Gasteiger partial charge in [-0.15, -0.1) is 10.2 Å². The summed E-state index contributed by atoms with van der Waals surface area (Å²) in [6, 6.07) is -0.0354. The van der Waals surface area contributed by atoms with Gasteiger partial charge in [0.1, 0.15) is 0 Å². The molecule has 1 fully saturated rings. The first kappa shape index (κ1) is 21.6. The zero-order chi connectivity index (χ0) is 21.6. The molecule has 1 aliphatic rings. The minimum Gasteiger partial charge on any atom is -0.365 e. The monoisotopic (exact) mass is 433 g/mol. The topological polar surface area (TPSA) is 78.9 Å². The van der Waals surface area contributed by atoms with Gasteiger partial charge in [0, 0.05) is 17.1 Å². The van der Waals surface area contributed by atoms with E-state index in [2.05, 4.69) is 70.4 Å². The van der Waals surface area contributed by atoms with Crippen molar-refractivity contribution in [1.82, 2.24) is 25.1 Å². The van der Waals surface area contributed by atoms with Gasteiger partial charge < -0.3 is 5.32 Å². The summed E-state index contributed by atoms with van der Waals surface area (Å²) in [6.07, 6.45) is -2.08. The molecule has 7 nitrogen and oxygen atoms in total. The van der Waals surface area contributed by atoms with E-state index in [1.54, 1.807) is 0 Å². The third-order valence-electron chi connectivity index (χ3n) is 5.28. The largest absolute Gasteiger partial charge is 0.445 e. The molecule has 0 aliphatic carbocycles. The van der Waals surface area contributed by atoms with Crippen molar-refractivity contribution in [3.63, 3.8) is 0 Å². The number of anilines is 3. The first-order valence-corrected chi connectivity index (χ1v) is 9.80. The highest BCUT2D eigenvalue weighted by Gasteiger charge is 2.43. The van der Waals surface area contributed by atoms with Gasteiger partial charge in [-0.3, -0.25) is 10.2 Å². The van der Waals surface area contributed by atoms with Crippen molar-refractivity contribution in [2.24, 2.45) is 0 Å². The van der Waals surface area contributed by atoms with E-state index in [1.165, 1.54) is 0 Å². The predicted molar refractivity (Wildman–Crippen MR) is 103 cm³/mol. The van der Waals surface area contributed by atoms with Gasteiger partial charge in [-0.2, -0.15) is 18.2 Å². The fourth-order valence-electron chi connectivity index (χ4n) is 3.68. The Morgan fingerprint density at radius 1 is 1.14 bits per heavy atom. The highest BCUT2D eigenvalue weighted by molar-refractivity contribution is 7.15. The molecule has 0 atom stereocenters. The molecular weight excluding hydrogens is 410 g/mol. The summed E-state index contributed by atoms with van der Waals surface area (Å²) in [4.78, 5) is 10.2. The lowest BCUT2D eigenvalue weighted by Crippen LogP contribution is -2.61. The van der Waals surface area contributed by atoms with Crippen LogP contribution in [-0.4, -0.2) is 49.2 Å². The van der Waals surface area contributed by atoms with E-state index >= 15 is 0 Å². The molecule has 0 unspecified atom stereocenters. The number of hydrogen-bond donors (Lipinski definition) is 2. The van der Waals surface area contributed by atoms with Crippen LogP contribution in [0.4, 0.5) is 34.5 Å². The van der Waals surface area contributed by atoms with E-state index in [-0.39, 0.29) is 34.0 Å². The zero-order valence-corrected chi connectivity index (χ0v) is 17.5. The van der Waals surface area contributed by atoms with Gasteiger partial charge in [0.05, 0.1) is 6.20 Å². The van der Waals surface area contributed by atoms with Gasteiger partial charge in [0.2, 0.25) is 16.1 Å². The molecule has 1 saturated heterocycles. The molecule has 0 radical (unpaired) electrons. The summed E-state index contributed by atoms with van der Waals surface area (Å²) >= 11 is 0.322. The smallest absolute Gasteiger partial charge is 0.365 e. The van der Waals surface area contributed by atoms with E-state index in [0.717, 1.165) is 19.0 Å². The highest BCUT2D eigenvalue weighted by Crippen LogP contribution is 2.38. The number of nitrogens with one attached hydrogen (secondary N) is 2. The van der Waals surface area contributed by atoms with Gasteiger partial charge in [0.15, 0.2) is 11.6 Å². The van der Waals surface area contributed by atoms with Crippen LogP contribution in [0.3, 0.4) is 0 Å². The fourth-order valence-corrected chi connectivity index (χ4v) is 4.28. The van der Waals surface area contributed by atoms with Crippen molar-refractivity contribution in [1.29, 1.82) is 0 Å². The summed E-state index contributed by atoms with van der Waals surface area (Å²) in [7, 11) is 2.07. The Morgan fingerprint density at radius 2 is 1.76 bits per heavy atom. The van der Waals surface area contributed by atoms with Crippen LogP contribution in [0.25, 0.3) is 0 Å². The van der Waals surface area contributed by atoms with E-state index in [1.807, 2.05) is 0 Å². The maximum absolute atomic E-state index is 14.3. The van der Waals surface area contributed by atoms with Crippen molar-refractivity contribution in [2.45, 2.75) is 63.8 Å². The molecule has 0 amide bonds. The average Bonchev–Trinajstić information content (AvgIpc) is 3.04. The maximum Gasteiger partial charge on any atom is 0.445 e. The minimum absolute atomic E-state index is 0.00999. The summed E-state index contributed by atoms with van der Waals surface area (Å²) in [5.74, 6) is -0.715. The maximum atomic E-state index is 14.3. The highest BCUT2D eigenvalue weighted by atomic mass is 32.1. The zero-order valence-electron chi connectivity index (χ0n) is 16.7. The van der Waals surface area contributed by atoms with E-state index < -0.39 is 17.0 Å². The van der Waals surface area contributed by atoms with Crippen molar-refractivity contribution < 1.29 is 17.6 Å². The average molecular weight is 433 g/mol. The lowest BCUT2D eigenvalue weighted by molar-refractivity contribution is -0.138. The Balaban J connectivity index is 1.77. The lowest BCUT2D eigenvalue weighted by atomic mass is 9.77. The third kappa shape index (κ3) is 4.74.